The molecule has 1 aliphatic rings. The molecule has 2 rings (SSSR count). The van der Waals surface area contributed by atoms with Gasteiger partial charge in [-0.15, -0.1) is 0 Å². The van der Waals surface area contributed by atoms with Crippen LogP contribution in [0.25, 0.3) is 0 Å². The number of nitrogens with zero attached hydrogens (tertiary/aromatic N) is 1. The van der Waals surface area contributed by atoms with E-state index in [1.165, 1.54) is 24.1 Å². The summed E-state index contributed by atoms with van der Waals surface area (Å²) in [5, 5.41) is 8.93. The Morgan fingerprint density at radius 3 is 2.47 bits per heavy atom. The Morgan fingerprint density at radius 2 is 1.89 bits per heavy atom. The first kappa shape index (κ1) is 13.5. The lowest BCUT2D eigenvalue weighted by Gasteiger charge is -2.21. The molecular formula is C14H16FNO3. The number of carboxylic acids is 1. The minimum atomic E-state index is -0.858. The zero-order valence-corrected chi connectivity index (χ0v) is 10.7. The van der Waals surface area contributed by atoms with E-state index in [-0.39, 0.29) is 17.5 Å². The number of amides is 1. The number of carbonyl (C=O) groups is 2. The molecule has 2 unspecified atom stereocenters. The Bertz CT molecular complexity index is 503. The Morgan fingerprint density at radius 1 is 1.26 bits per heavy atom. The van der Waals surface area contributed by atoms with Crippen LogP contribution in [0.15, 0.2) is 24.3 Å². The monoisotopic (exact) mass is 265 g/mol. The summed E-state index contributed by atoms with van der Waals surface area (Å²) in [5.41, 5.74) is 0.228. The smallest absolute Gasteiger partial charge is 0.306 e. The fourth-order valence-electron chi connectivity index (χ4n) is 2.55. The zero-order valence-electron chi connectivity index (χ0n) is 10.7. The van der Waals surface area contributed by atoms with Crippen LogP contribution in [0, 0.1) is 17.7 Å². The van der Waals surface area contributed by atoms with Crippen molar-refractivity contribution in [2.75, 3.05) is 11.9 Å². The van der Waals surface area contributed by atoms with Crippen molar-refractivity contribution in [3.63, 3.8) is 0 Å². The quantitative estimate of drug-likeness (QED) is 0.912. The highest BCUT2D eigenvalue weighted by atomic mass is 19.1. The van der Waals surface area contributed by atoms with Crippen LogP contribution in [-0.4, -0.2) is 24.0 Å². The number of aliphatic carboxylic acids is 1. The minimum absolute atomic E-state index is 0.214. The highest BCUT2D eigenvalue weighted by Gasteiger charge is 2.35. The maximum atomic E-state index is 13.6. The number of halogens is 1. The van der Waals surface area contributed by atoms with Crippen LogP contribution in [0.1, 0.15) is 19.3 Å². The molecule has 0 bridgehead atoms. The molecule has 1 saturated carbocycles. The highest BCUT2D eigenvalue weighted by molar-refractivity contribution is 5.95. The zero-order chi connectivity index (χ0) is 14.0. The van der Waals surface area contributed by atoms with Gasteiger partial charge in [0.1, 0.15) is 5.82 Å². The van der Waals surface area contributed by atoms with E-state index in [0.717, 1.165) is 0 Å². The van der Waals surface area contributed by atoms with Crippen LogP contribution in [-0.2, 0) is 9.59 Å². The van der Waals surface area contributed by atoms with Gasteiger partial charge < -0.3 is 10.0 Å². The lowest BCUT2D eigenvalue weighted by atomic mass is 10.0. The molecule has 0 heterocycles. The topological polar surface area (TPSA) is 57.6 Å². The first-order valence-corrected chi connectivity index (χ1v) is 6.25. The molecule has 19 heavy (non-hydrogen) atoms. The third kappa shape index (κ3) is 2.75. The molecule has 2 atom stereocenters. The SMILES string of the molecule is CN(C(=O)C1CCC(C(=O)O)C1)c1ccccc1F. The molecule has 1 fully saturated rings. The molecule has 4 nitrogen and oxygen atoms in total. The summed E-state index contributed by atoms with van der Waals surface area (Å²) in [4.78, 5) is 24.4. The molecule has 1 amide bonds. The molecule has 1 aromatic carbocycles. The van der Waals surface area contributed by atoms with Crippen molar-refractivity contribution in [1.29, 1.82) is 0 Å². The normalized spacial score (nSPS) is 22.2. The van der Waals surface area contributed by atoms with Gasteiger partial charge in [-0.2, -0.15) is 0 Å². The Balaban J connectivity index is 2.09. The van der Waals surface area contributed by atoms with Crippen molar-refractivity contribution in [1.82, 2.24) is 0 Å². The van der Waals surface area contributed by atoms with Crippen LogP contribution in [0.2, 0.25) is 0 Å². The average molecular weight is 265 g/mol. The number of carboxylic acid groups (broad SMARTS) is 1. The van der Waals surface area contributed by atoms with Crippen molar-refractivity contribution in [3.05, 3.63) is 30.1 Å². The second-order valence-corrected chi connectivity index (χ2v) is 4.89. The van der Waals surface area contributed by atoms with E-state index in [9.17, 15) is 14.0 Å². The van der Waals surface area contributed by atoms with Gasteiger partial charge in [0, 0.05) is 13.0 Å². The van der Waals surface area contributed by atoms with Gasteiger partial charge in [0.25, 0.3) is 0 Å². The molecule has 0 radical (unpaired) electrons. The predicted octanol–water partition coefficient (Wildman–Crippen LogP) is 2.29. The summed E-state index contributed by atoms with van der Waals surface area (Å²) in [6, 6.07) is 6.06. The number of benzene rings is 1. The number of carbonyl (C=O) groups excluding carboxylic acids is 1. The molecule has 5 heteroatoms. The Labute approximate surface area is 110 Å². The Hall–Kier alpha value is -1.91. The number of hydrogen-bond donors (Lipinski definition) is 1. The molecule has 0 spiro atoms. The van der Waals surface area contributed by atoms with Crippen molar-refractivity contribution in [2.24, 2.45) is 11.8 Å². The fraction of sp³-hybridized carbons (Fsp3) is 0.429. The van der Waals surface area contributed by atoms with Gasteiger partial charge >= 0.3 is 5.97 Å². The average Bonchev–Trinajstić information content (AvgIpc) is 2.87. The molecule has 1 aromatic rings. The van der Waals surface area contributed by atoms with Gasteiger partial charge in [-0.05, 0) is 31.4 Å². The summed E-state index contributed by atoms with van der Waals surface area (Å²) in [7, 11) is 1.52. The lowest BCUT2D eigenvalue weighted by Crippen LogP contribution is -2.32. The number of para-hydroxylation sites is 1. The maximum Gasteiger partial charge on any atom is 0.306 e. The number of rotatable bonds is 3. The number of hydrogen-bond acceptors (Lipinski definition) is 2. The lowest BCUT2D eigenvalue weighted by molar-refractivity contribution is -0.141. The van der Waals surface area contributed by atoms with Gasteiger partial charge in [0.05, 0.1) is 11.6 Å². The van der Waals surface area contributed by atoms with E-state index in [1.807, 2.05) is 0 Å². The first-order valence-electron chi connectivity index (χ1n) is 6.25. The van der Waals surface area contributed by atoms with Crippen LogP contribution >= 0.6 is 0 Å². The van der Waals surface area contributed by atoms with Gasteiger partial charge in [-0.1, -0.05) is 12.1 Å². The van der Waals surface area contributed by atoms with E-state index in [1.54, 1.807) is 12.1 Å². The molecule has 0 aromatic heterocycles. The molecule has 0 aliphatic heterocycles. The standard InChI is InChI=1S/C14H16FNO3/c1-16(12-5-3-2-4-11(12)15)13(17)9-6-7-10(8-9)14(18)19/h2-5,9-10H,6-8H2,1H3,(H,18,19). The molecule has 1 aliphatic carbocycles. The summed E-state index contributed by atoms with van der Waals surface area (Å²) in [6.45, 7) is 0. The van der Waals surface area contributed by atoms with E-state index in [0.29, 0.717) is 19.3 Å². The third-order valence-electron chi connectivity index (χ3n) is 3.68. The van der Waals surface area contributed by atoms with Gasteiger partial charge in [0.15, 0.2) is 0 Å². The summed E-state index contributed by atoms with van der Waals surface area (Å²) in [6.07, 6.45) is 1.40. The van der Waals surface area contributed by atoms with Crippen LogP contribution in [0.4, 0.5) is 10.1 Å². The van der Waals surface area contributed by atoms with E-state index in [4.69, 9.17) is 5.11 Å². The first-order chi connectivity index (χ1) is 9.00. The molecule has 0 saturated heterocycles. The summed E-state index contributed by atoms with van der Waals surface area (Å²) in [5.74, 6) is -2.31. The molecular weight excluding hydrogens is 249 g/mol. The maximum absolute atomic E-state index is 13.6. The van der Waals surface area contributed by atoms with Crippen molar-refractivity contribution < 1.29 is 19.1 Å². The van der Waals surface area contributed by atoms with Crippen molar-refractivity contribution in [3.8, 4) is 0 Å². The highest BCUT2D eigenvalue weighted by Crippen LogP contribution is 2.33. The minimum Gasteiger partial charge on any atom is -0.481 e. The van der Waals surface area contributed by atoms with Crippen LogP contribution in [0.5, 0.6) is 0 Å². The van der Waals surface area contributed by atoms with Gasteiger partial charge in [-0.25, -0.2) is 4.39 Å². The number of anilines is 1. The molecule has 102 valence electrons. The molecule has 1 N–H and O–H groups in total. The van der Waals surface area contributed by atoms with E-state index >= 15 is 0 Å². The fourth-order valence-corrected chi connectivity index (χ4v) is 2.55. The van der Waals surface area contributed by atoms with Crippen LogP contribution in [0.3, 0.4) is 0 Å². The third-order valence-corrected chi connectivity index (χ3v) is 3.68. The van der Waals surface area contributed by atoms with E-state index in [2.05, 4.69) is 0 Å². The summed E-state index contributed by atoms with van der Waals surface area (Å²) < 4.78 is 13.6. The largest absolute Gasteiger partial charge is 0.481 e. The van der Waals surface area contributed by atoms with Crippen molar-refractivity contribution >= 4 is 17.6 Å². The van der Waals surface area contributed by atoms with Crippen LogP contribution < -0.4 is 4.90 Å². The second-order valence-electron chi connectivity index (χ2n) is 4.89. The Kier molecular flexibility index (Phi) is 3.83. The van der Waals surface area contributed by atoms with Gasteiger partial charge in [-0.3, -0.25) is 9.59 Å². The van der Waals surface area contributed by atoms with Crippen molar-refractivity contribution in [2.45, 2.75) is 19.3 Å². The summed E-state index contributed by atoms with van der Waals surface area (Å²) >= 11 is 0. The predicted molar refractivity (Wildman–Crippen MR) is 68.3 cm³/mol. The second kappa shape index (κ2) is 5.38. The van der Waals surface area contributed by atoms with Gasteiger partial charge in [0.2, 0.25) is 5.91 Å². The van der Waals surface area contributed by atoms with E-state index < -0.39 is 17.7 Å².